The second kappa shape index (κ2) is 6.97. The average molecular weight is 365 g/mol. The third-order valence-electron chi connectivity index (χ3n) is 3.74. The number of aryl methyl sites for hydroxylation is 1. The zero-order valence-electron chi connectivity index (χ0n) is 14.0. The van der Waals surface area contributed by atoms with Crippen LogP contribution in [0.1, 0.15) is 21.8 Å². The number of esters is 1. The molecule has 130 valence electrons. The van der Waals surface area contributed by atoms with Crippen LogP contribution in [0.4, 0.5) is 0 Å². The second-order valence-electron chi connectivity index (χ2n) is 5.65. The van der Waals surface area contributed by atoms with Crippen LogP contribution in [0.15, 0.2) is 64.6 Å². The lowest BCUT2D eigenvalue weighted by molar-refractivity contribution is 0.0465. The maximum absolute atomic E-state index is 12.7. The summed E-state index contributed by atoms with van der Waals surface area (Å²) < 4.78 is 12.1. The summed E-state index contributed by atoms with van der Waals surface area (Å²) in [6.45, 7) is 1.84. The lowest BCUT2D eigenvalue weighted by Gasteiger charge is -2.01. The Bertz CT molecular complexity index is 1020. The van der Waals surface area contributed by atoms with Gasteiger partial charge in [-0.25, -0.2) is 9.48 Å². The summed E-state index contributed by atoms with van der Waals surface area (Å²) in [6, 6.07) is 15.2. The first-order valence-corrected chi connectivity index (χ1v) is 8.87. The minimum absolute atomic E-state index is 0.0522. The van der Waals surface area contributed by atoms with Gasteiger partial charge in [0.15, 0.2) is 0 Å². The van der Waals surface area contributed by atoms with Gasteiger partial charge in [0.25, 0.3) is 0 Å². The van der Waals surface area contributed by atoms with Crippen molar-refractivity contribution in [3.63, 3.8) is 0 Å². The summed E-state index contributed by atoms with van der Waals surface area (Å²) in [7, 11) is 0. The average Bonchev–Trinajstić information content (AvgIpc) is 3.40. The Morgan fingerprint density at radius 2 is 2.08 bits per heavy atom. The standard InChI is InChI=1S/C19H15N3O3S/c1-13-10-14(21-25-13)12-24-19(23)16-11-22(15-6-3-2-4-7-15)20-18(16)17-8-5-9-26-17/h2-11H,12H2,1H3. The SMILES string of the molecule is Cc1cc(COC(=O)c2cn(-c3ccccc3)nc2-c2cccs2)no1. The van der Waals surface area contributed by atoms with E-state index in [4.69, 9.17) is 9.26 Å². The maximum atomic E-state index is 12.7. The van der Waals surface area contributed by atoms with Crippen molar-refractivity contribution in [2.45, 2.75) is 13.5 Å². The molecule has 3 heterocycles. The van der Waals surface area contributed by atoms with Crippen LogP contribution in [0, 0.1) is 6.92 Å². The van der Waals surface area contributed by atoms with Crippen LogP contribution >= 0.6 is 11.3 Å². The van der Waals surface area contributed by atoms with E-state index in [9.17, 15) is 4.79 Å². The highest BCUT2D eigenvalue weighted by molar-refractivity contribution is 7.13. The molecular formula is C19H15N3O3S. The number of hydrogen-bond acceptors (Lipinski definition) is 6. The Balaban J connectivity index is 1.65. The molecular weight excluding hydrogens is 350 g/mol. The third-order valence-corrected chi connectivity index (χ3v) is 4.61. The zero-order chi connectivity index (χ0) is 17.9. The van der Waals surface area contributed by atoms with Crippen LogP contribution in [-0.4, -0.2) is 20.9 Å². The number of para-hydroxylation sites is 1. The van der Waals surface area contributed by atoms with Crippen molar-refractivity contribution in [3.8, 4) is 16.3 Å². The molecule has 0 fully saturated rings. The van der Waals surface area contributed by atoms with E-state index in [1.54, 1.807) is 23.9 Å². The molecule has 4 rings (SSSR count). The molecule has 26 heavy (non-hydrogen) atoms. The molecule has 0 unspecified atom stereocenters. The molecule has 0 aliphatic heterocycles. The number of carbonyl (C=O) groups excluding carboxylic acids is 1. The number of benzene rings is 1. The number of ether oxygens (including phenoxy) is 1. The molecule has 0 saturated heterocycles. The predicted molar refractivity (Wildman–Crippen MR) is 97.2 cm³/mol. The predicted octanol–water partition coefficient (Wildman–Crippen LogP) is 4.25. The van der Waals surface area contributed by atoms with Gasteiger partial charge in [-0.05, 0) is 30.5 Å². The van der Waals surface area contributed by atoms with Crippen molar-refractivity contribution >= 4 is 17.3 Å². The Morgan fingerprint density at radius 3 is 2.77 bits per heavy atom. The fourth-order valence-electron chi connectivity index (χ4n) is 2.53. The van der Waals surface area contributed by atoms with Crippen LogP contribution in [0.5, 0.6) is 0 Å². The topological polar surface area (TPSA) is 70.2 Å². The normalized spacial score (nSPS) is 10.8. The van der Waals surface area contributed by atoms with Crippen molar-refractivity contribution in [3.05, 3.63) is 77.1 Å². The van der Waals surface area contributed by atoms with Crippen LogP contribution in [0.2, 0.25) is 0 Å². The lowest BCUT2D eigenvalue weighted by Crippen LogP contribution is -2.05. The summed E-state index contributed by atoms with van der Waals surface area (Å²) in [5.41, 5.74) is 2.46. The van der Waals surface area contributed by atoms with Gasteiger partial charge in [0.1, 0.15) is 29.3 Å². The molecule has 1 aromatic carbocycles. The molecule has 0 N–H and O–H groups in total. The van der Waals surface area contributed by atoms with Gasteiger partial charge in [-0.1, -0.05) is 29.4 Å². The van der Waals surface area contributed by atoms with Crippen molar-refractivity contribution in [1.82, 2.24) is 14.9 Å². The minimum atomic E-state index is -0.448. The van der Waals surface area contributed by atoms with Gasteiger partial charge in [0.2, 0.25) is 0 Å². The van der Waals surface area contributed by atoms with Crippen molar-refractivity contribution in [1.29, 1.82) is 0 Å². The molecule has 0 amide bonds. The summed E-state index contributed by atoms with van der Waals surface area (Å²) in [6.07, 6.45) is 1.70. The lowest BCUT2D eigenvalue weighted by atomic mass is 10.2. The van der Waals surface area contributed by atoms with Gasteiger partial charge < -0.3 is 9.26 Å². The molecule has 0 atom stereocenters. The van der Waals surface area contributed by atoms with Crippen molar-refractivity contribution in [2.24, 2.45) is 0 Å². The monoisotopic (exact) mass is 365 g/mol. The van der Waals surface area contributed by atoms with E-state index in [1.807, 2.05) is 47.8 Å². The van der Waals surface area contributed by atoms with Crippen molar-refractivity contribution in [2.75, 3.05) is 0 Å². The van der Waals surface area contributed by atoms with Gasteiger partial charge >= 0.3 is 5.97 Å². The first kappa shape index (κ1) is 16.3. The van der Waals surface area contributed by atoms with Gasteiger partial charge in [-0.2, -0.15) is 5.10 Å². The third kappa shape index (κ3) is 3.29. The van der Waals surface area contributed by atoms with Gasteiger partial charge in [0.05, 0.1) is 10.6 Å². The maximum Gasteiger partial charge on any atom is 0.342 e. The van der Waals surface area contributed by atoms with Gasteiger partial charge in [-0.15, -0.1) is 11.3 Å². The quantitative estimate of drug-likeness (QED) is 0.494. The molecule has 0 saturated carbocycles. The van der Waals surface area contributed by atoms with E-state index >= 15 is 0 Å². The van der Waals surface area contributed by atoms with Crippen molar-refractivity contribution < 1.29 is 14.1 Å². The highest BCUT2D eigenvalue weighted by Gasteiger charge is 2.21. The zero-order valence-corrected chi connectivity index (χ0v) is 14.8. The van der Waals surface area contributed by atoms with Crippen LogP contribution in [0.25, 0.3) is 16.3 Å². The number of aromatic nitrogens is 3. The fraction of sp³-hybridized carbons (Fsp3) is 0.105. The molecule has 0 aliphatic carbocycles. The Morgan fingerprint density at radius 1 is 1.23 bits per heavy atom. The molecule has 7 heteroatoms. The Kier molecular flexibility index (Phi) is 4.37. The summed E-state index contributed by atoms with van der Waals surface area (Å²) >= 11 is 1.52. The molecule has 3 aromatic heterocycles. The smallest absolute Gasteiger partial charge is 0.342 e. The number of nitrogens with zero attached hydrogens (tertiary/aromatic N) is 3. The van der Waals surface area contributed by atoms with E-state index in [0.717, 1.165) is 10.6 Å². The molecule has 0 aliphatic rings. The summed E-state index contributed by atoms with van der Waals surface area (Å²) in [5, 5.41) is 10.4. The van der Waals surface area contributed by atoms with E-state index in [1.165, 1.54) is 11.3 Å². The summed E-state index contributed by atoms with van der Waals surface area (Å²) in [5.74, 6) is 0.225. The van der Waals surface area contributed by atoms with Crippen LogP contribution < -0.4 is 0 Å². The highest BCUT2D eigenvalue weighted by Crippen LogP contribution is 2.28. The summed E-state index contributed by atoms with van der Waals surface area (Å²) in [4.78, 5) is 13.6. The second-order valence-corrected chi connectivity index (χ2v) is 6.60. The van der Waals surface area contributed by atoms with E-state index in [2.05, 4.69) is 10.3 Å². The Hall–Kier alpha value is -3.19. The number of thiophene rings is 1. The van der Waals surface area contributed by atoms with Gasteiger partial charge in [-0.3, -0.25) is 0 Å². The number of carbonyl (C=O) groups is 1. The van der Waals surface area contributed by atoms with E-state index in [-0.39, 0.29) is 6.61 Å². The highest BCUT2D eigenvalue weighted by atomic mass is 32.1. The molecule has 6 nitrogen and oxygen atoms in total. The molecule has 0 radical (unpaired) electrons. The number of hydrogen-bond donors (Lipinski definition) is 0. The first-order chi connectivity index (χ1) is 12.7. The minimum Gasteiger partial charge on any atom is -0.455 e. The molecule has 4 aromatic rings. The van der Waals surface area contributed by atoms with E-state index < -0.39 is 5.97 Å². The molecule has 0 spiro atoms. The van der Waals surface area contributed by atoms with E-state index in [0.29, 0.717) is 22.7 Å². The Labute approximate surface area is 153 Å². The van der Waals surface area contributed by atoms with Gasteiger partial charge in [0, 0.05) is 12.3 Å². The molecule has 0 bridgehead atoms. The van der Waals surface area contributed by atoms with Crippen LogP contribution in [0.3, 0.4) is 0 Å². The largest absolute Gasteiger partial charge is 0.455 e. The van der Waals surface area contributed by atoms with Crippen LogP contribution in [-0.2, 0) is 11.3 Å². The fourth-order valence-corrected chi connectivity index (χ4v) is 3.26. The first-order valence-electron chi connectivity index (χ1n) is 7.99. The number of rotatable bonds is 5.